The summed E-state index contributed by atoms with van der Waals surface area (Å²) in [6.45, 7) is 17.8. The van der Waals surface area contributed by atoms with Crippen LogP contribution in [0.15, 0.2) is 64.2 Å². The summed E-state index contributed by atoms with van der Waals surface area (Å²) in [6.07, 6.45) is 4.15. The molecule has 0 spiro atoms. The van der Waals surface area contributed by atoms with Crippen LogP contribution in [0.1, 0.15) is 61.0 Å². The minimum Gasteiger partial charge on any atom is -0.466 e. The van der Waals surface area contributed by atoms with Crippen molar-refractivity contribution in [3.05, 3.63) is 65.0 Å². The van der Waals surface area contributed by atoms with Gasteiger partial charge in [0.1, 0.15) is 0 Å². The molecule has 0 aromatic heterocycles. The molecule has 0 saturated carbocycles. The van der Waals surface area contributed by atoms with Crippen LogP contribution in [0.25, 0.3) is 5.70 Å². The molecule has 1 aromatic carbocycles. The van der Waals surface area contributed by atoms with Crippen LogP contribution in [0.2, 0.25) is 0 Å². The van der Waals surface area contributed by atoms with Crippen LogP contribution in [0.4, 0.5) is 0 Å². The topological polar surface area (TPSA) is 74.7 Å². The highest BCUT2D eigenvalue weighted by Crippen LogP contribution is 2.73. The van der Waals surface area contributed by atoms with E-state index in [1.807, 2.05) is 24.3 Å². The van der Waals surface area contributed by atoms with Crippen LogP contribution in [0.5, 0.6) is 0 Å². The Hall–Kier alpha value is -2.67. The van der Waals surface area contributed by atoms with Gasteiger partial charge in [0.2, 0.25) is 7.51 Å². The number of methoxy groups -OCH3 is 2. The largest absolute Gasteiger partial charge is 0.466 e. The Bertz CT molecular complexity index is 1240. The average Bonchev–Trinajstić information content (AvgIpc) is 3.17. The maximum Gasteiger partial charge on any atom is 0.335 e. The van der Waals surface area contributed by atoms with E-state index in [1.54, 1.807) is 0 Å². The first-order chi connectivity index (χ1) is 18.4. The molecule has 39 heavy (non-hydrogen) atoms. The highest BCUT2D eigenvalue weighted by atomic mass is 31.2. The normalized spacial score (nSPS) is 21.7. The van der Waals surface area contributed by atoms with Crippen LogP contribution in [0, 0.1) is 11.8 Å². The van der Waals surface area contributed by atoms with Crippen molar-refractivity contribution in [2.75, 3.05) is 14.2 Å². The maximum absolute atomic E-state index is 13.2. The van der Waals surface area contributed by atoms with Crippen molar-refractivity contribution in [3.63, 3.8) is 0 Å². The van der Waals surface area contributed by atoms with Gasteiger partial charge in [-0.25, -0.2) is 23.7 Å². The second-order valence-corrected chi connectivity index (χ2v) is 14.0. The molecule has 0 radical (unpaired) electrons. The van der Waals surface area contributed by atoms with Crippen molar-refractivity contribution in [1.29, 1.82) is 0 Å². The molecule has 9 heteroatoms. The molecular weight excluding hydrogens is 511 g/mol. The van der Waals surface area contributed by atoms with Gasteiger partial charge in [-0.15, -0.1) is 0 Å². The van der Waals surface area contributed by atoms with Crippen LogP contribution in [0.3, 0.4) is 0 Å². The van der Waals surface area contributed by atoms with E-state index in [9.17, 15) is 9.59 Å². The van der Waals surface area contributed by atoms with Gasteiger partial charge < -0.3 is 9.47 Å². The first-order valence-electron chi connectivity index (χ1n) is 13.8. The summed E-state index contributed by atoms with van der Waals surface area (Å²) in [5, 5.41) is 0. The van der Waals surface area contributed by atoms with Gasteiger partial charge in [-0.3, -0.25) is 4.67 Å². The Morgan fingerprint density at radius 2 is 1.31 bits per heavy atom. The van der Waals surface area contributed by atoms with E-state index >= 15 is 0 Å². The average molecular weight is 555 g/mol. The lowest BCUT2D eigenvalue weighted by Gasteiger charge is -2.55. The lowest BCUT2D eigenvalue weighted by Crippen LogP contribution is -2.51. The molecular formula is C30H43N4O4P. The number of hydrogen-bond donors (Lipinski definition) is 0. The molecule has 2 unspecified atom stereocenters. The number of fused-ring (bicyclic) bond motifs is 3. The van der Waals surface area contributed by atoms with Gasteiger partial charge in [-0.05, 0) is 55.4 Å². The van der Waals surface area contributed by atoms with E-state index < -0.39 is 19.4 Å². The van der Waals surface area contributed by atoms with Crippen LogP contribution < -0.4 is 0 Å². The van der Waals surface area contributed by atoms with E-state index in [2.05, 4.69) is 87.7 Å². The van der Waals surface area contributed by atoms with Crippen molar-refractivity contribution >= 4 is 25.1 Å². The summed E-state index contributed by atoms with van der Waals surface area (Å²) >= 11 is 0. The molecule has 2 atom stereocenters. The lowest BCUT2D eigenvalue weighted by atomic mass is 9.64. The zero-order valence-corrected chi connectivity index (χ0v) is 25.8. The highest BCUT2D eigenvalue weighted by molar-refractivity contribution is 7.60. The first kappa shape index (κ1) is 29.3. The number of benzene rings is 1. The fourth-order valence-corrected chi connectivity index (χ4v) is 11.3. The Morgan fingerprint density at radius 3 is 1.77 bits per heavy atom. The van der Waals surface area contributed by atoms with E-state index in [1.165, 1.54) is 14.2 Å². The van der Waals surface area contributed by atoms with E-state index in [0.717, 1.165) is 17.0 Å². The van der Waals surface area contributed by atoms with Crippen LogP contribution in [-0.4, -0.2) is 64.3 Å². The first-order valence-corrected chi connectivity index (χ1v) is 15.4. The molecule has 0 N–H and O–H groups in total. The minimum absolute atomic E-state index is 0.201. The number of nitrogens with zero attached hydrogens (tertiary/aromatic N) is 4. The Balaban J connectivity index is 2.09. The summed E-state index contributed by atoms with van der Waals surface area (Å²) in [5.41, 5.74) is 3.54. The van der Waals surface area contributed by atoms with Crippen LogP contribution >= 0.6 is 7.51 Å². The molecule has 4 rings (SSSR count). The molecule has 0 saturated heterocycles. The molecule has 3 aliphatic rings. The van der Waals surface area contributed by atoms with Crippen molar-refractivity contribution < 1.29 is 19.1 Å². The standard InChI is InChI=1S/C30H43N4O4P/c1-18(2)33(19(3)4)39(34(20(5)6)21(7)8)31-27(22-14-12-11-13-15-22)28-24-23(16-17-32(28)39)25(29(35)37-9)26(24)30(36)38-10/h11-21,23-24H,1-10H3. The zero-order valence-electron chi connectivity index (χ0n) is 24.9. The van der Waals surface area contributed by atoms with Gasteiger partial charge in [0.25, 0.3) is 0 Å². The van der Waals surface area contributed by atoms with Gasteiger partial charge >= 0.3 is 11.9 Å². The highest BCUT2D eigenvalue weighted by Gasteiger charge is 2.58. The zero-order chi connectivity index (χ0) is 28.8. The minimum atomic E-state index is -2.62. The summed E-state index contributed by atoms with van der Waals surface area (Å²) < 4.78 is 23.5. The van der Waals surface area contributed by atoms with E-state index in [0.29, 0.717) is 11.1 Å². The summed E-state index contributed by atoms with van der Waals surface area (Å²) in [7, 11) is 0.0854. The van der Waals surface area contributed by atoms with Crippen molar-refractivity contribution in [3.8, 4) is 0 Å². The quantitative estimate of drug-likeness (QED) is 0.263. The molecule has 8 nitrogen and oxygen atoms in total. The maximum atomic E-state index is 13.2. The molecule has 2 aliphatic heterocycles. The molecule has 1 aliphatic carbocycles. The molecule has 0 fully saturated rings. The van der Waals surface area contributed by atoms with E-state index in [-0.39, 0.29) is 36.0 Å². The van der Waals surface area contributed by atoms with Gasteiger partial charge in [-0.2, -0.15) is 0 Å². The van der Waals surface area contributed by atoms with Crippen molar-refractivity contribution in [2.24, 2.45) is 16.6 Å². The third-order valence-corrected chi connectivity index (χ3v) is 12.1. The summed E-state index contributed by atoms with van der Waals surface area (Å²) in [4.78, 5) is 26.0. The lowest BCUT2D eigenvalue weighted by molar-refractivity contribution is -0.141. The number of allylic oxidation sites excluding steroid dienone is 2. The predicted octanol–water partition coefficient (Wildman–Crippen LogP) is 6.27. The second-order valence-electron chi connectivity index (χ2n) is 11.4. The molecule has 1 aromatic rings. The van der Waals surface area contributed by atoms with Gasteiger partial charge in [-0.1, -0.05) is 36.4 Å². The number of carbonyl (C=O) groups is 2. The number of carbonyl (C=O) groups excluding carboxylic acids is 2. The molecule has 0 bridgehead atoms. The summed E-state index contributed by atoms with van der Waals surface area (Å²) in [5.74, 6) is -1.65. The Morgan fingerprint density at radius 1 is 0.821 bits per heavy atom. The number of esters is 2. The third-order valence-electron chi connectivity index (χ3n) is 7.63. The van der Waals surface area contributed by atoms with Gasteiger partial charge in [0.05, 0.1) is 36.8 Å². The number of ether oxygens (including phenoxy) is 2. The Labute approximate surface area is 233 Å². The Kier molecular flexibility index (Phi) is 8.32. The smallest absolute Gasteiger partial charge is 0.335 e. The number of rotatable bonds is 9. The molecule has 0 amide bonds. The van der Waals surface area contributed by atoms with Crippen LogP contribution in [-0.2, 0) is 19.1 Å². The second kappa shape index (κ2) is 11.1. The SMILES string of the molecule is COC(=O)C1=C(C(=O)OC)C2C3=C(c4ccccc4)N=P(N(C(C)C)C(C)C)(N(C(C)C)C(C)C)N3C=CC12. The van der Waals surface area contributed by atoms with Gasteiger partial charge in [0.15, 0.2) is 0 Å². The van der Waals surface area contributed by atoms with Crippen molar-refractivity contribution in [1.82, 2.24) is 14.0 Å². The van der Waals surface area contributed by atoms with E-state index in [4.69, 9.17) is 14.2 Å². The van der Waals surface area contributed by atoms with Crippen molar-refractivity contribution in [2.45, 2.75) is 79.6 Å². The summed E-state index contributed by atoms with van der Waals surface area (Å²) in [6, 6.07) is 11.0. The van der Waals surface area contributed by atoms with Gasteiger partial charge in [0, 0.05) is 47.8 Å². The fourth-order valence-electron chi connectivity index (χ4n) is 6.61. The monoisotopic (exact) mass is 554 g/mol. The number of hydrogen-bond acceptors (Lipinski definition) is 8. The predicted molar refractivity (Wildman–Crippen MR) is 156 cm³/mol. The third kappa shape index (κ3) is 4.51. The molecule has 212 valence electrons. The fraction of sp³-hybridized carbons (Fsp3) is 0.533. The molecule has 2 heterocycles.